The van der Waals surface area contributed by atoms with Crippen molar-refractivity contribution in [2.75, 3.05) is 5.32 Å². The molecule has 0 spiro atoms. The Morgan fingerprint density at radius 2 is 1.50 bits per heavy atom. The fourth-order valence-corrected chi connectivity index (χ4v) is 2.63. The smallest absolute Gasteiger partial charge is 0.230 e. The number of rotatable bonds is 5. The van der Waals surface area contributed by atoms with Crippen LogP contribution in [0.25, 0.3) is 0 Å². The topological polar surface area (TPSA) is 59.3 Å². The third-order valence-corrected chi connectivity index (χ3v) is 3.72. The van der Waals surface area contributed by atoms with Crippen molar-refractivity contribution in [2.24, 2.45) is 0 Å². The summed E-state index contributed by atoms with van der Waals surface area (Å²) in [6, 6.07) is 18.2. The second kappa shape index (κ2) is 6.54. The quantitative estimate of drug-likeness (QED) is 0.688. The second-order valence-electron chi connectivity index (χ2n) is 5.48. The molecule has 0 bridgehead atoms. The van der Waals surface area contributed by atoms with Gasteiger partial charge in [-0.2, -0.15) is 0 Å². The summed E-state index contributed by atoms with van der Waals surface area (Å²) >= 11 is 0. The molecule has 120 valence electrons. The number of hydrogen-bond acceptors (Lipinski definition) is 4. The highest BCUT2D eigenvalue weighted by molar-refractivity contribution is 6.14. The molecule has 0 fully saturated rings. The van der Waals surface area contributed by atoms with E-state index in [4.69, 9.17) is 4.42 Å². The van der Waals surface area contributed by atoms with Gasteiger partial charge in [0.15, 0.2) is 11.5 Å². The maximum absolute atomic E-state index is 12.8. The van der Waals surface area contributed by atoms with Gasteiger partial charge in [-0.05, 0) is 26.0 Å². The van der Waals surface area contributed by atoms with E-state index in [2.05, 4.69) is 5.32 Å². The number of furan rings is 1. The van der Waals surface area contributed by atoms with Crippen LogP contribution in [0.1, 0.15) is 39.2 Å². The Morgan fingerprint density at radius 3 is 2.08 bits per heavy atom. The molecule has 1 aromatic heterocycles. The molecule has 2 aromatic carbocycles. The van der Waals surface area contributed by atoms with Crippen LogP contribution in [0.3, 0.4) is 0 Å². The Kier molecular flexibility index (Phi) is 4.29. The van der Waals surface area contributed by atoms with Crippen molar-refractivity contribution in [3.8, 4) is 0 Å². The van der Waals surface area contributed by atoms with E-state index in [9.17, 15) is 9.59 Å². The fraction of sp³-hybridized carbons (Fsp3) is 0.100. The molecule has 0 aliphatic rings. The zero-order chi connectivity index (χ0) is 17.1. The summed E-state index contributed by atoms with van der Waals surface area (Å²) in [4.78, 5) is 24.8. The number of ketones is 2. The predicted octanol–water partition coefficient (Wildman–Crippen LogP) is 4.77. The molecule has 1 N–H and O–H groups in total. The van der Waals surface area contributed by atoms with Gasteiger partial charge < -0.3 is 9.73 Å². The molecule has 24 heavy (non-hydrogen) atoms. The number of aryl methyl sites for hydroxylation is 1. The average molecular weight is 319 g/mol. The molecular weight excluding hydrogens is 302 g/mol. The van der Waals surface area contributed by atoms with Gasteiger partial charge in [-0.15, -0.1) is 0 Å². The van der Waals surface area contributed by atoms with E-state index < -0.39 is 0 Å². The SMILES string of the molecule is CC(=O)c1c(C)oc(C(=O)c2ccccc2)c1Nc1ccccc1. The summed E-state index contributed by atoms with van der Waals surface area (Å²) < 4.78 is 5.66. The van der Waals surface area contributed by atoms with Crippen LogP contribution in [-0.4, -0.2) is 11.6 Å². The molecule has 0 aliphatic heterocycles. The van der Waals surface area contributed by atoms with Crippen LogP contribution in [0.15, 0.2) is 65.1 Å². The van der Waals surface area contributed by atoms with Crippen molar-refractivity contribution in [3.63, 3.8) is 0 Å². The van der Waals surface area contributed by atoms with Crippen molar-refractivity contribution in [1.82, 2.24) is 0 Å². The summed E-state index contributed by atoms with van der Waals surface area (Å²) in [5.41, 5.74) is 2.11. The van der Waals surface area contributed by atoms with Crippen LogP contribution in [0.2, 0.25) is 0 Å². The maximum Gasteiger partial charge on any atom is 0.230 e. The average Bonchev–Trinajstić information content (AvgIpc) is 2.92. The van der Waals surface area contributed by atoms with Gasteiger partial charge in [-0.25, -0.2) is 0 Å². The largest absolute Gasteiger partial charge is 0.455 e. The molecule has 0 saturated carbocycles. The van der Waals surface area contributed by atoms with Crippen LogP contribution in [-0.2, 0) is 0 Å². The summed E-state index contributed by atoms with van der Waals surface area (Å²) in [5.74, 6) is 0.166. The first-order valence-corrected chi connectivity index (χ1v) is 7.64. The minimum absolute atomic E-state index is 0.146. The molecule has 3 aromatic rings. The minimum atomic E-state index is -0.260. The Labute approximate surface area is 140 Å². The van der Waals surface area contributed by atoms with Gasteiger partial charge in [0.25, 0.3) is 0 Å². The molecule has 0 radical (unpaired) electrons. The minimum Gasteiger partial charge on any atom is -0.455 e. The van der Waals surface area contributed by atoms with Crippen LogP contribution >= 0.6 is 0 Å². The fourth-order valence-electron chi connectivity index (χ4n) is 2.63. The number of hydrogen-bond donors (Lipinski definition) is 1. The number of Topliss-reactive ketones (excluding diaryl/α,β-unsaturated/α-hetero) is 1. The number of anilines is 2. The standard InChI is InChI=1S/C20H17NO3/c1-13(22)17-14(2)24-20(19(23)15-9-5-3-6-10-15)18(17)21-16-11-7-4-8-12-16/h3-12,21H,1-2H3. The van der Waals surface area contributed by atoms with E-state index in [1.54, 1.807) is 31.2 Å². The molecular formula is C20H17NO3. The Hall–Kier alpha value is -3.14. The number of nitrogens with one attached hydrogen (secondary N) is 1. The molecule has 0 atom stereocenters. The van der Waals surface area contributed by atoms with Crippen molar-refractivity contribution in [2.45, 2.75) is 13.8 Å². The van der Waals surface area contributed by atoms with Crippen molar-refractivity contribution < 1.29 is 14.0 Å². The predicted molar refractivity (Wildman–Crippen MR) is 93.0 cm³/mol. The number of carbonyl (C=O) groups excluding carboxylic acids is 2. The van der Waals surface area contributed by atoms with E-state index in [0.717, 1.165) is 5.69 Å². The van der Waals surface area contributed by atoms with Gasteiger partial charge in [0.1, 0.15) is 11.4 Å². The van der Waals surface area contributed by atoms with Crippen molar-refractivity contribution in [3.05, 3.63) is 83.3 Å². The Morgan fingerprint density at radius 1 is 0.917 bits per heavy atom. The third kappa shape index (κ3) is 2.99. The molecule has 0 unspecified atom stereocenters. The zero-order valence-electron chi connectivity index (χ0n) is 13.5. The van der Waals surface area contributed by atoms with E-state index in [1.807, 2.05) is 36.4 Å². The summed E-state index contributed by atoms with van der Waals surface area (Å²) in [6.45, 7) is 3.15. The lowest BCUT2D eigenvalue weighted by atomic mass is 10.0. The number of carbonyl (C=O) groups is 2. The second-order valence-corrected chi connectivity index (χ2v) is 5.48. The first kappa shape index (κ1) is 15.7. The van der Waals surface area contributed by atoms with Crippen LogP contribution in [0.4, 0.5) is 11.4 Å². The lowest BCUT2D eigenvalue weighted by molar-refractivity contribution is 0.100. The lowest BCUT2D eigenvalue weighted by Gasteiger charge is -2.08. The van der Waals surface area contributed by atoms with Crippen LogP contribution < -0.4 is 5.32 Å². The lowest BCUT2D eigenvalue weighted by Crippen LogP contribution is -2.05. The van der Waals surface area contributed by atoms with Gasteiger partial charge in [0.2, 0.25) is 5.78 Å². The number of para-hydroxylation sites is 1. The van der Waals surface area contributed by atoms with Gasteiger partial charge in [-0.1, -0.05) is 48.5 Å². The summed E-state index contributed by atoms with van der Waals surface area (Å²) in [7, 11) is 0. The molecule has 3 rings (SSSR count). The van der Waals surface area contributed by atoms with E-state index in [0.29, 0.717) is 22.6 Å². The Balaban J connectivity index is 2.11. The first-order valence-electron chi connectivity index (χ1n) is 7.64. The normalized spacial score (nSPS) is 10.4. The highest BCUT2D eigenvalue weighted by atomic mass is 16.3. The monoisotopic (exact) mass is 319 g/mol. The summed E-state index contributed by atoms with van der Waals surface area (Å²) in [5, 5.41) is 3.16. The molecule has 0 saturated heterocycles. The van der Waals surface area contributed by atoms with E-state index in [1.165, 1.54) is 6.92 Å². The highest BCUT2D eigenvalue weighted by Crippen LogP contribution is 2.32. The van der Waals surface area contributed by atoms with E-state index >= 15 is 0 Å². The third-order valence-electron chi connectivity index (χ3n) is 3.72. The molecule has 0 amide bonds. The van der Waals surface area contributed by atoms with Gasteiger partial charge >= 0.3 is 0 Å². The number of benzene rings is 2. The van der Waals surface area contributed by atoms with Gasteiger partial charge in [0.05, 0.1) is 5.56 Å². The molecule has 4 heteroatoms. The Bertz CT molecular complexity index is 880. The van der Waals surface area contributed by atoms with Crippen LogP contribution in [0, 0.1) is 6.92 Å². The zero-order valence-corrected chi connectivity index (χ0v) is 13.5. The van der Waals surface area contributed by atoms with Crippen molar-refractivity contribution >= 4 is 22.9 Å². The van der Waals surface area contributed by atoms with Crippen LogP contribution in [0.5, 0.6) is 0 Å². The molecule has 0 aliphatic carbocycles. The van der Waals surface area contributed by atoms with Crippen molar-refractivity contribution in [1.29, 1.82) is 0 Å². The van der Waals surface area contributed by atoms with Gasteiger partial charge in [-0.3, -0.25) is 9.59 Å². The maximum atomic E-state index is 12.8. The first-order chi connectivity index (χ1) is 11.6. The molecule has 4 nitrogen and oxygen atoms in total. The highest BCUT2D eigenvalue weighted by Gasteiger charge is 2.26. The van der Waals surface area contributed by atoms with Gasteiger partial charge in [0, 0.05) is 11.3 Å². The molecule has 1 heterocycles. The summed E-state index contributed by atoms with van der Waals surface area (Å²) in [6.07, 6.45) is 0. The van der Waals surface area contributed by atoms with E-state index in [-0.39, 0.29) is 17.3 Å².